The van der Waals surface area contributed by atoms with Gasteiger partial charge in [-0.15, -0.1) is 0 Å². The Morgan fingerprint density at radius 1 is 1.14 bits per heavy atom. The van der Waals surface area contributed by atoms with Crippen molar-refractivity contribution < 1.29 is 0 Å². The first-order chi connectivity index (χ1) is 14.2. The number of benzene rings is 1. The van der Waals surface area contributed by atoms with Gasteiger partial charge in [-0.05, 0) is 70.2 Å². The van der Waals surface area contributed by atoms with Crippen LogP contribution in [-0.2, 0) is 6.54 Å². The van der Waals surface area contributed by atoms with E-state index in [1.165, 1.54) is 50.8 Å². The summed E-state index contributed by atoms with van der Waals surface area (Å²) in [4.78, 5) is 11.6. The smallest absolute Gasteiger partial charge is 0.190 e. The molecule has 160 valence electrons. The van der Waals surface area contributed by atoms with Gasteiger partial charge in [-0.25, -0.2) is 4.98 Å². The molecule has 1 unspecified atom stereocenters. The predicted octanol–water partition coefficient (Wildman–Crippen LogP) is 3.41. The Labute approximate surface area is 175 Å². The molecule has 1 aliphatic rings. The maximum absolute atomic E-state index is 4.64. The van der Waals surface area contributed by atoms with Gasteiger partial charge in [0.2, 0.25) is 0 Å². The van der Waals surface area contributed by atoms with Gasteiger partial charge in [0.05, 0.1) is 11.0 Å². The molecule has 0 amide bonds. The van der Waals surface area contributed by atoms with Gasteiger partial charge >= 0.3 is 0 Å². The Kier molecular flexibility index (Phi) is 8.35. The number of aryl methyl sites for hydroxylation is 2. The van der Waals surface area contributed by atoms with Crippen molar-refractivity contribution in [1.82, 2.24) is 25.1 Å². The average Bonchev–Trinajstić information content (AvgIpc) is 3.04. The third-order valence-electron chi connectivity index (χ3n) is 5.85. The molecule has 1 aliphatic heterocycles. The van der Waals surface area contributed by atoms with Crippen LogP contribution in [0.4, 0.5) is 0 Å². The number of para-hydroxylation sites is 2. The molecule has 6 heteroatoms. The lowest BCUT2D eigenvalue weighted by Gasteiger charge is -2.30. The molecule has 0 spiro atoms. The van der Waals surface area contributed by atoms with E-state index < -0.39 is 0 Å². The van der Waals surface area contributed by atoms with Crippen molar-refractivity contribution in [1.29, 1.82) is 0 Å². The number of hydrogen-bond donors (Lipinski definition) is 2. The van der Waals surface area contributed by atoms with Crippen molar-refractivity contribution in [2.24, 2.45) is 10.9 Å². The summed E-state index contributed by atoms with van der Waals surface area (Å²) in [6, 6.07) is 8.35. The molecular formula is C23H38N6. The molecule has 29 heavy (non-hydrogen) atoms. The number of unbranched alkanes of at least 4 members (excludes halogenated alkanes) is 1. The minimum Gasteiger partial charge on any atom is -0.356 e. The van der Waals surface area contributed by atoms with Crippen molar-refractivity contribution in [3.05, 3.63) is 30.1 Å². The molecule has 1 fully saturated rings. The van der Waals surface area contributed by atoms with E-state index in [0.29, 0.717) is 0 Å². The Hall–Kier alpha value is -2.08. The molecule has 1 aromatic heterocycles. The summed E-state index contributed by atoms with van der Waals surface area (Å²) in [5.74, 6) is 2.86. The second-order valence-electron chi connectivity index (χ2n) is 8.33. The summed E-state index contributed by atoms with van der Waals surface area (Å²) >= 11 is 0. The predicted molar refractivity (Wildman–Crippen MR) is 123 cm³/mol. The van der Waals surface area contributed by atoms with Crippen LogP contribution in [0, 0.1) is 12.8 Å². The van der Waals surface area contributed by atoms with E-state index in [1.54, 1.807) is 0 Å². The monoisotopic (exact) mass is 398 g/mol. The number of nitrogens with zero attached hydrogens (tertiary/aromatic N) is 4. The summed E-state index contributed by atoms with van der Waals surface area (Å²) < 4.78 is 2.30. The summed E-state index contributed by atoms with van der Waals surface area (Å²) in [5, 5.41) is 6.89. The van der Waals surface area contributed by atoms with Crippen LogP contribution in [-0.4, -0.2) is 60.2 Å². The van der Waals surface area contributed by atoms with Crippen LogP contribution < -0.4 is 10.6 Å². The Morgan fingerprint density at radius 2 is 1.93 bits per heavy atom. The molecule has 1 atom stereocenters. The van der Waals surface area contributed by atoms with Gasteiger partial charge in [-0.2, -0.15) is 0 Å². The first-order valence-electron chi connectivity index (χ1n) is 11.3. The van der Waals surface area contributed by atoms with Gasteiger partial charge < -0.3 is 20.1 Å². The van der Waals surface area contributed by atoms with Crippen LogP contribution in [0.15, 0.2) is 29.3 Å². The molecule has 2 heterocycles. The number of guanidine groups is 1. The van der Waals surface area contributed by atoms with Crippen LogP contribution in [0.3, 0.4) is 0 Å². The van der Waals surface area contributed by atoms with Gasteiger partial charge in [-0.1, -0.05) is 19.1 Å². The number of hydrogen-bond acceptors (Lipinski definition) is 3. The van der Waals surface area contributed by atoms with Crippen LogP contribution in [0.1, 0.15) is 44.9 Å². The molecule has 1 aromatic carbocycles. The molecule has 1 saturated heterocycles. The number of piperidine rings is 1. The van der Waals surface area contributed by atoms with Crippen molar-refractivity contribution in [3.8, 4) is 0 Å². The highest BCUT2D eigenvalue weighted by atomic mass is 15.2. The Morgan fingerprint density at radius 3 is 2.72 bits per heavy atom. The fourth-order valence-corrected chi connectivity index (χ4v) is 4.30. The SMILES string of the molecule is CN=C(NCCCCN1CCCC(C)C1)NCCCn1c(C)nc2ccccc21. The maximum atomic E-state index is 4.64. The Bertz CT molecular complexity index is 781. The summed E-state index contributed by atoms with van der Waals surface area (Å²) in [5.41, 5.74) is 2.30. The first kappa shape index (κ1) is 21.6. The molecule has 0 aliphatic carbocycles. The minimum atomic E-state index is 0.869. The average molecular weight is 399 g/mol. The molecule has 3 rings (SSSR count). The largest absolute Gasteiger partial charge is 0.356 e. The molecule has 2 aromatic rings. The van der Waals surface area contributed by atoms with E-state index in [1.807, 2.05) is 13.1 Å². The van der Waals surface area contributed by atoms with Crippen molar-refractivity contribution in [3.63, 3.8) is 0 Å². The normalized spacial score (nSPS) is 18.3. The summed E-state index contributed by atoms with van der Waals surface area (Å²) in [6.07, 6.45) is 6.24. The molecule has 0 radical (unpaired) electrons. The number of rotatable bonds is 9. The number of aliphatic imine (C=N–C) groups is 1. The zero-order valence-electron chi connectivity index (χ0n) is 18.5. The van der Waals surface area contributed by atoms with E-state index >= 15 is 0 Å². The summed E-state index contributed by atoms with van der Waals surface area (Å²) in [6.45, 7) is 11.1. The lowest BCUT2D eigenvalue weighted by Crippen LogP contribution is -2.39. The van der Waals surface area contributed by atoms with Crippen LogP contribution in [0.5, 0.6) is 0 Å². The number of aromatic nitrogens is 2. The first-order valence-corrected chi connectivity index (χ1v) is 11.3. The molecular weight excluding hydrogens is 360 g/mol. The highest BCUT2D eigenvalue weighted by Crippen LogP contribution is 2.16. The highest BCUT2D eigenvalue weighted by molar-refractivity contribution is 5.79. The molecule has 2 N–H and O–H groups in total. The van der Waals surface area contributed by atoms with Gasteiger partial charge in [-0.3, -0.25) is 4.99 Å². The topological polar surface area (TPSA) is 57.5 Å². The standard InChI is InChI=1S/C23H38N6/c1-19-10-8-16-28(18-19)15-7-6-13-25-23(24-3)26-14-9-17-29-20(2)27-21-11-4-5-12-22(21)29/h4-5,11-12,19H,6-10,13-18H2,1-3H3,(H2,24,25,26). The third-order valence-corrected chi connectivity index (χ3v) is 5.85. The van der Waals surface area contributed by atoms with Crippen LogP contribution >= 0.6 is 0 Å². The fraction of sp³-hybridized carbons (Fsp3) is 0.652. The van der Waals surface area contributed by atoms with E-state index in [0.717, 1.165) is 49.3 Å². The van der Waals surface area contributed by atoms with Crippen molar-refractivity contribution in [2.75, 3.05) is 39.8 Å². The zero-order valence-corrected chi connectivity index (χ0v) is 18.5. The lowest BCUT2D eigenvalue weighted by atomic mass is 10.0. The summed E-state index contributed by atoms with van der Waals surface area (Å²) in [7, 11) is 1.85. The van der Waals surface area contributed by atoms with E-state index in [2.05, 4.69) is 62.1 Å². The van der Waals surface area contributed by atoms with Crippen molar-refractivity contribution in [2.45, 2.75) is 52.5 Å². The minimum absolute atomic E-state index is 0.869. The van der Waals surface area contributed by atoms with Crippen LogP contribution in [0.2, 0.25) is 0 Å². The van der Waals surface area contributed by atoms with Gasteiger partial charge in [0, 0.05) is 33.2 Å². The Balaban J connectivity index is 1.30. The number of fused-ring (bicyclic) bond motifs is 1. The molecule has 0 bridgehead atoms. The second kappa shape index (κ2) is 11.2. The third kappa shape index (κ3) is 6.46. The lowest BCUT2D eigenvalue weighted by molar-refractivity contribution is 0.181. The molecule has 0 saturated carbocycles. The highest BCUT2D eigenvalue weighted by Gasteiger charge is 2.15. The van der Waals surface area contributed by atoms with E-state index in [4.69, 9.17) is 0 Å². The van der Waals surface area contributed by atoms with E-state index in [9.17, 15) is 0 Å². The van der Waals surface area contributed by atoms with E-state index in [-0.39, 0.29) is 0 Å². The number of likely N-dealkylation sites (tertiary alicyclic amines) is 1. The maximum Gasteiger partial charge on any atom is 0.190 e. The molecule has 6 nitrogen and oxygen atoms in total. The number of imidazole rings is 1. The van der Waals surface area contributed by atoms with Gasteiger partial charge in [0.15, 0.2) is 5.96 Å². The van der Waals surface area contributed by atoms with Crippen LogP contribution in [0.25, 0.3) is 11.0 Å². The van der Waals surface area contributed by atoms with Gasteiger partial charge in [0.1, 0.15) is 5.82 Å². The number of nitrogens with one attached hydrogen (secondary N) is 2. The second-order valence-corrected chi connectivity index (χ2v) is 8.33. The van der Waals surface area contributed by atoms with Gasteiger partial charge in [0.25, 0.3) is 0 Å². The quantitative estimate of drug-likeness (QED) is 0.386. The fourth-order valence-electron chi connectivity index (χ4n) is 4.30. The van der Waals surface area contributed by atoms with Crippen molar-refractivity contribution >= 4 is 17.0 Å². The zero-order chi connectivity index (χ0) is 20.5.